The highest BCUT2D eigenvalue weighted by Gasteiger charge is 2.40. The van der Waals surface area contributed by atoms with Gasteiger partial charge in [-0.1, -0.05) is 42.5 Å². The van der Waals surface area contributed by atoms with E-state index in [4.69, 9.17) is 29.3 Å². The van der Waals surface area contributed by atoms with Gasteiger partial charge in [0.2, 0.25) is 0 Å². The molecule has 2 aliphatic heterocycles. The van der Waals surface area contributed by atoms with Gasteiger partial charge in [0, 0.05) is 39.3 Å². The van der Waals surface area contributed by atoms with E-state index in [-0.39, 0.29) is 5.60 Å². The minimum absolute atomic E-state index is 0.0451. The largest absolute Gasteiger partial charge is 0.497 e. The summed E-state index contributed by atoms with van der Waals surface area (Å²) in [6, 6.07) is 19.2. The van der Waals surface area contributed by atoms with Gasteiger partial charge in [-0.2, -0.15) is 26.3 Å². The van der Waals surface area contributed by atoms with Gasteiger partial charge in [0.25, 0.3) is 0 Å². The van der Waals surface area contributed by atoms with Crippen molar-refractivity contribution in [2.24, 2.45) is 0 Å². The first-order valence-electron chi connectivity index (χ1n) is 12.5. The standard InChI is InChI=1S/C23H30N2O2.2C2HF3O2/c1-26-22-9-7-21(8-10-22)17-24-13-11-23(12-14-24)19-25(15-16-27-23)18-20-5-3-2-4-6-20;2*3-2(4,5)1(6)7/h2-10H,11-19H2,1H3;2*(H,6,7). The summed E-state index contributed by atoms with van der Waals surface area (Å²) < 4.78 is 75.0. The van der Waals surface area contributed by atoms with Gasteiger partial charge in [-0.05, 0) is 36.1 Å². The van der Waals surface area contributed by atoms with Crippen molar-refractivity contribution in [1.82, 2.24) is 9.80 Å². The van der Waals surface area contributed by atoms with Crippen LogP contribution < -0.4 is 4.74 Å². The number of aliphatic carboxylic acids is 2. The van der Waals surface area contributed by atoms with Gasteiger partial charge in [-0.15, -0.1) is 0 Å². The Bertz CT molecular complexity index is 1060. The molecule has 2 aliphatic rings. The van der Waals surface area contributed by atoms with Crippen LogP contribution in [0.2, 0.25) is 0 Å². The number of carboxylic acid groups (broad SMARTS) is 2. The van der Waals surface area contributed by atoms with E-state index in [2.05, 4.69) is 52.3 Å². The first kappa shape index (κ1) is 33.8. The van der Waals surface area contributed by atoms with Crippen LogP contribution in [0.3, 0.4) is 0 Å². The monoisotopic (exact) mass is 594 g/mol. The Morgan fingerprint density at radius 2 is 1.27 bits per heavy atom. The number of rotatable bonds is 5. The maximum atomic E-state index is 10.6. The van der Waals surface area contributed by atoms with E-state index >= 15 is 0 Å². The van der Waals surface area contributed by atoms with Gasteiger partial charge in [0.1, 0.15) is 5.75 Å². The van der Waals surface area contributed by atoms with Crippen LogP contribution in [0.4, 0.5) is 26.3 Å². The van der Waals surface area contributed by atoms with Gasteiger partial charge in [0.15, 0.2) is 0 Å². The Morgan fingerprint density at radius 1 is 0.805 bits per heavy atom. The zero-order valence-corrected chi connectivity index (χ0v) is 22.2. The number of benzene rings is 2. The highest BCUT2D eigenvalue weighted by molar-refractivity contribution is 5.73. The molecule has 2 saturated heterocycles. The third-order valence-electron chi connectivity index (χ3n) is 6.39. The van der Waals surface area contributed by atoms with Gasteiger partial charge >= 0.3 is 24.3 Å². The molecule has 2 N–H and O–H groups in total. The Balaban J connectivity index is 0.000000349. The van der Waals surface area contributed by atoms with Crippen LogP contribution in [0.5, 0.6) is 5.75 Å². The second-order valence-electron chi connectivity index (χ2n) is 9.46. The minimum Gasteiger partial charge on any atom is -0.497 e. The molecular formula is C27H32F6N2O6. The van der Waals surface area contributed by atoms with Crippen LogP contribution in [-0.4, -0.2) is 89.8 Å². The quantitative estimate of drug-likeness (QED) is 0.476. The second kappa shape index (κ2) is 15.0. The predicted molar refractivity (Wildman–Crippen MR) is 135 cm³/mol. The van der Waals surface area contributed by atoms with Crippen molar-refractivity contribution in [1.29, 1.82) is 0 Å². The number of hydrogen-bond acceptors (Lipinski definition) is 6. The first-order chi connectivity index (χ1) is 19.1. The van der Waals surface area contributed by atoms with Crippen LogP contribution >= 0.6 is 0 Å². The topological polar surface area (TPSA) is 99.5 Å². The highest BCUT2D eigenvalue weighted by Crippen LogP contribution is 2.31. The molecule has 8 nitrogen and oxygen atoms in total. The maximum Gasteiger partial charge on any atom is 0.490 e. The van der Waals surface area contributed by atoms with Crippen LogP contribution in [0.1, 0.15) is 24.0 Å². The lowest BCUT2D eigenvalue weighted by Crippen LogP contribution is -2.56. The molecule has 0 amide bonds. The molecule has 14 heteroatoms. The van der Waals surface area contributed by atoms with Crippen molar-refractivity contribution in [3.05, 3.63) is 65.7 Å². The van der Waals surface area contributed by atoms with Crippen LogP contribution in [0.15, 0.2) is 54.6 Å². The second-order valence-corrected chi connectivity index (χ2v) is 9.46. The van der Waals surface area contributed by atoms with Gasteiger partial charge < -0.3 is 19.7 Å². The Kier molecular flexibility index (Phi) is 12.4. The van der Waals surface area contributed by atoms with Crippen molar-refractivity contribution in [3.63, 3.8) is 0 Å². The number of halogens is 6. The minimum atomic E-state index is -5.08. The summed E-state index contributed by atoms with van der Waals surface area (Å²) in [6.07, 6.45) is -7.93. The van der Waals surface area contributed by atoms with Crippen molar-refractivity contribution in [2.75, 3.05) is 39.9 Å². The van der Waals surface area contributed by atoms with E-state index in [1.54, 1.807) is 7.11 Å². The molecule has 2 heterocycles. The molecule has 0 bridgehead atoms. The molecule has 228 valence electrons. The van der Waals surface area contributed by atoms with Crippen LogP contribution in [0.25, 0.3) is 0 Å². The lowest BCUT2D eigenvalue weighted by atomic mass is 9.89. The van der Waals surface area contributed by atoms with Crippen LogP contribution in [0, 0.1) is 0 Å². The molecular weight excluding hydrogens is 562 g/mol. The number of carbonyl (C=O) groups is 2. The van der Waals surface area contributed by atoms with E-state index in [0.717, 1.165) is 64.5 Å². The Labute approximate surface area is 233 Å². The zero-order chi connectivity index (χ0) is 30.7. The number of hydrogen-bond donors (Lipinski definition) is 2. The van der Waals surface area contributed by atoms with E-state index in [9.17, 15) is 26.3 Å². The number of morpholine rings is 1. The van der Waals surface area contributed by atoms with Gasteiger partial charge in [-0.25, -0.2) is 9.59 Å². The van der Waals surface area contributed by atoms with E-state index in [1.807, 2.05) is 12.1 Å². The van der Waals surface area contributed by atoms with E-state index in [1.165, 1.54) is 11.1 Å². The summed E-state index contributed by atoms with van der Waals surface area (Å²) in [7, 11) is 1.71. The van der Waals surface area contributed by atoms with Gasteiger partial charge in [-0.3, -0.25) is 9.80 Å². The lowest BCUT2D eigenvalue weighted by Gasteiger charge is -2.47. The average molecular weight is 595 g/mol. The summed E-state index contributed by atoms with van der Waals surface area (Å²) in [5.41, 5.74) is 2.79. The predicted octanol–water partition coefficient (Wildman–Crippen LogP) is 4.83. The van der Waals surface area contributed by atoms with E-state index in [0.29, 0.717) is 0 Å². The maximum absolute atomic E-state index is 10.6. The number of likely N-dealkylation sites (tertiary alicyclic amines) is 1. The fourth-order valence-corrected chi connectivity index (χ4v) is 4.31. The number of ether oxygens (including phenoxy) is 2. The number of carboxylic acids is 2. The number of alkyl halides is 6. The molecule has 2 aromatic carbocycles. The Hall–Kier alpha value is -3.36. The van der Waals surface area contributed by atoms with Crippen molar-refractivity contribution in [2.45, 2.75) is 43.9 Å². The lowest BCUT2D eigenvalue weighted by molar-refractivity contribution is -0.193. The van der Waals surface area contributed by atoms with Gasteiger partial charge in [0.05, 0.1) is 19.3 Å². The molecule has 2 fully saturated rings. The molecule has 0 aliphatic carbocycles. The smallest absolute Gasteiger partial charge is 0.490 e. The molecule has 2 aromatic rings. The first-order valence-corrected chi connectivity index (χ1v) is 12.5. The zero-order valence-electron chi connectivity index (χ0n) is 22.2. The van der Waals surface area contributed by atoms with Crippen molar-refractivity contribution < 1.29 is 55.6 Å². The molecule has 4 rings (SSSR count). The van der Waals surface area contributed by atoms with Crippen LogP contribution in [-0.2, 0) is 27.4 Å². The third-order valence-corrected chi connectivity index (χ3v) is 6.39. The van der Waals surface area contributed by atoms with E-state index < -0.39 is 24.3 Å². The normalized spacial score (nSPS) is 17.4. The summed E-state index contributed by atoms with van der Waals surface area (Å²) in [5.74, 6) is -4.59. The summed E-state index contributed by atoms with van der Waals surface area (Å²) in [6.45, 7) is 7.18. The van der Waals surface area contributed by atoms with Crippen molar-refractivity contribution in [3.8, 4) is 5.75 Å². The molecule has 0 unspecified atom stereocenters. The summed E-state index contributed by atoms with van der Waals surface area (Å²) >= 11 is 0. The number of methoxy groups -OCH3 is 1. The molecule has 0 radical (unpaired) electrons. The third kappa shape index (κ3) is 12.0. The SMILES string of the molecule is COc1ccc(CN2CCC3(CC2)CN(Cc2ccccc2)CCO3)cc1.O=C(O)C(F)(F)F.O=C(O)C(F)(F)F. The molecule has 1 spiro atoms. The molecule has 0 aromatic heterocycles. The highest BCUT2D eigenvalue weighted by atomic mass is 19.4. The molecule has 0 saturated carbocycles. The fourth-order valence-electron chi connectivity index (χ4n) is 4.31. The number of piperidine rings is 1. The molecule has 41 heavy (non-hydrogen) atoms. The summed E-state index contributed by atoms with van der Waals surface area (Å²) in [5, 5.41) is 14.2. The summed E-state index contributed by atoms with van der Waals surface area (Å²) in [4.78, 5) is 22.9. The average Bonchev–Trinajstić information content (AvgIpc) is 2.91. The fraction of sp³-hybridized carbons (Fsp3) is 0.481. The van der Waals surface area contributed by atoms with Crippen molar-refractivity contribution >= 4 is 11.9 Å². The Morgan fingerprint density at radius 3 is 1.73 bits per heavy atom. The molecule has 0 atom stereocenters. The number of nitrogens with zero attached hydrogens (tertiary/aromatic N) is 2.